The molecule has 7 heteroatoms. The van der Waals surface area contributed by atoms with Crippen molar-refractivity contribution in [2.75, 3.05) is 7.11 Å². The lowest BCUT2D eigenvalue weighted by Gasteiger charge is -2.11. The summed E-state index contributed by atoms with van der Waals surface area (Å²) in [5.74, 6) is 1.02. The number of benzene rings is 3. The third kappa shape index (κ3) is 5.45. The summed E-state index contributed by atoms with van der Waals surface area (Å²) in [6.45, 7) is 0.434. The van der Waals surface area contributed by atoms with Gasteiger partial charge in [-0.1, -0.05) is 18.2 Å². The summed E-state index contributed by atoms with van der Waals surface area (Å²) in [4.78, 5) is 16.6. The first kappa shape index (κ1) is 21.8. The molecular weight excluding hydrogens is 620 g/mol. The Morgan fingerprint density at radius 1 is 0.935 bits per heavy atom. The fourth-order valence-electron chi connectivity index (χ4n) is 2.92. The van der Waals surface area contributed by atoms with Crippen LogP contribution in [0.25, 0.3) is 6.08 Å². The van der Waals surface area contributed by atoms with E-state index in [1.54, 1.807) is 13.2 Å². The van der Waals surface area contributed by atoms with E-state index in [1.165, 1.54) is 3.57 Å². The Labute approximate surface area is 207 Å². The van der Waals surface area contributed by atoms with E-state index in [-0.39, 0.29) is 5.70 Å². The number of nitrogens with zero attached hydrogens (tertiary/aromatic N) is 1. The molecule has 0 radical (unpaired) electrons. The molecule has 0 spiro atoms. The van der Waals surface area contributed by atoms with Gasteiger partial charge in [-0.25, -0.2) is 9.79 Å². The molecule has 5 nitrogen and oxygen atoms in total. The molecule has 4 rings (SSSR count). The zero-order chi connectivity index (χ0) is 21.8. The number of esters is 1. The molecule has 0 aromatic heterocycles. The van der Waals surface area contributed by atoms with Gasteiger partial charge in [0.25, 0.3) is 0 Å². The zero-order valence-corrected chi connectivity index (χ0v) is 20.8. The largest absolute Gasteiger partial charge is 0.493 e. The predicted octanol–water partition coefficient (Wildman–Crippen LogP) is 5.83. The zero-order valence-electron chi connectivity index (χ0n) is 16.5. The number of carbonyl (C=O) groups excluding carboxylic acids is 1. The Hall–Kier alpha value is -2.40. The lowest BCUT2D eigenvalue weighted by Crippen LogP contribution is -2.05. The van der Waals surface area contributed by atoms with Crippen LogP contribution in [0.15, 0.2) is 77.4 Å². The van der Waals surface area contributed by atoms with Crippen LogP contribution in [-0.2, 0) is 16.1 Å². The summed E-state index contributed by atoms with van der Waals surface area (Å²) >= 11 is 4.49. The summed E-state index contributed by atoms with van der Waals surface area (Å²) in [6.07, 6.45) is 1.67. The Morgan fingerprint density at radius 2 is 1.61 bits per heavy atom. The summed E-state index contributed by atoms with van der Waals surface area (Å²) in [6, 6.07) is 21.2. The molecule has 0 fully saturated rings. The van der Waals surface area contributed by atoms with Crippen LogP contribution in [-0.4, -0.2) is 19.0 Å². The topological polar surface area (TPSA) is 57.1 Å². The van der Waals surface area contributed by atoms with E-state index in [0.29, 0.717) is 24.0 Å². The van der Waals surface area contributed by atoms with Crippen molar-refractivity contribution in [3.8, 4) is 11.5 Å². The molecule has 1 heterocycles. The van der Waals surface area contributed by atoms with E-state index in [1.807, 2.05) is 66.7 Å². The van der Waals surface area contributed by atoms with Crippen LogP contribution in [0.5, 0.6) is 11.5 Å². The van der Waals surface area contributed by atoms with Gasteiger partial charge in [0.05, 0.1) is 7.11 Å². The Balaban J connectivity index is 1.52. The first-order valence-corrected chi connectivity index (χ1v) is 11.5. The molecule has 0 saturated carbocycles. The van der Waals surface area contributed by atoms with E-state index in [2.05, 4.69) is 50.2 Å². The molecule has 0 bridgehead atoms. The molecule has 0 aliphatic carbocycles. The van der Waals surface area contributed by atoms with Gasteiger partial charge in [0.1, 0.15) is 6.61 Å². The lowest BCUT2D eigenvalue weighted by atomic mass is 10.1. The second-order valence-corrected chi connectivity index (χ2v) is 9.16. The second kappa shape index (κ2) is 9.82. The number of aliphatic imine (C=N–C) groups is 1. The van der Waals surface area contributed by atoms with E-state index in [0.717, 1.165) is 20.3 Å². The van der Waals surface area contributed by atoms with E-state index >= 15 is 0 Å². The molecule has 156 valence electrons. The van der Waals surface area contributed by atoms with Gasteiger partial charge < -0.3 is 14.2 Å². The van der Waals surface area contributed by atoms with Crippen LogP contribution < -0.4 is 9.47 Å². The smallest absolute Gasteiger partial charge is 0.363 e. The number of ether oxygens (including phenoxy) is 3. The Kier molecular flexibility index (Phi) is 6.91. The average molecular weight is 637 g/mol. The molecule has 0 saturated heterocycles. The monoisotopic (exact) mass is 637 g/mol. The second-order valence-electron chi connectivity index (χ2n) is 6.67. The fraction of sp³-hybridized carbons (Fsp3) is 0.0833. The highest BCUT2D eigenvalue weighted by molar-refractivity contribution is 14.1. The number of halogens is 2. The van der Waals surface area contributed by atoms with E-state index in [4.69, 9.17) is 14.2 Å². The molecule has 1 aliphatic heterocycles. The molecule has 0 unspecified atom stereocenters. The Bertz CT molecular complexity index is 1170. The predicted molar refractivity (Wildman–Crippen MR) is 136 cm³/mol. The minimum absolute atomic E-state index is 0.239. The maximum atomic E-state index is 12.3. The molecular formula is C24H17I2NO4. The van der Waals surface area contributed by atoms with Crippen LogP contribution in [0.1, 0.15) is 16.7 Å². The van der Waals surface area contributed by atoms with Crippen molar-refractivity contribution in [2.24, 2.45) is 4.99 Å². The van der Waals surface area contributed by atoms with Gasteiger partial charge in [0.15, 0.2) is 17.2 Å². The number of rotatable bonds is 6. The van der Waals surface area contributed by atoms with Crippen molar-refractivity contribution in [2.45, 2.75) is 6.61 Å². The normalized spacial score (nSPS) is 14.4. The molecule has 3 aromatic carbocycles. The third-order valence-electron chi connectivity index (χ3n) is 4.51. The average Bonchev–Trinajstić information content (AvgIpc) is 3.14. The number of methoxy groups -OCH3 is 1. The minimum atomic E-state index is -0.480. The van der Waals surface area contributed by atoms with E-state index < -0.39 is 5.97 Å². The van der Waals surface area contributed by atoms with Crippen LogP contribution >= 0.6 is 45.2 Å². The summed E-state index contributed by atoms with van der Waals surface area (Å²) < 4.78 is 19.0. The molecule has 0 amide bonds. The number of carbonyl (C=O) groups is 1. The van der Waals surface area contributed by atoms with Crippen molar-refractivity contribution in [3.63, 3.8) is 0 Å². The maximum Gasteiger partial charge on any atom is 0.363 e. The third-order valence-corrected chi connectivity index (χ3v) is 5.95. The molecule has 0 atom stereocenters. The van der Waals surface area contributed by atoms with Crippen molar-refractivity contribution >= 4 is 63.1 Å². The van der Waals surface area contributed by atoms with Crippen LogP contribution in [0.2, 0.25) is 0 Å². The van der Waals surface area contributed by atoms with Gasteiger partial charge in [-0.3, -0.25) is 0 Å². The van der Waals surface area contributed by atoms with Gasteiger partial charge in [-0.15, -0.1) is 0 Å². The number of hydrogen-bond donors (Lipinski definition) is 0. The van der Waals surface area contributed by atoms with Gasteiger partial charge in [-0.05, 0) is 111 Å². The van der Waals surface area contributed by atoms with Gasteiger partial charge in [-0.2, -0.15) is 0 Å². The Morgan fingerprint density at radius 3 is 2.29 bits per heavy atom. The molecule has 1 aliphatic rings. The van der Waals surface area contributed by atoms with Crippen LogP contribution in [0, 0.1) is 7.14 Å². The lowest BCUT2D eigenvalue weighted by molar-refractivity contribution is -0.129. The summed E-state index contributed by atoms with van der Waals surface area (Å²) in [5.41, 5.74) is 2.83. The minimum Gasteiger partial charge on any atom is -0.493 e. The quantitative estimate of drug-likeness (QED) is 0.194. The van der Waals surface area contributed by atoms with Crippen LogP contribution in [0.4, 0.5) is 0 Å². The highest BCUT2D eigenvalue weighted by atomic mass is 127. The first-order chi connectivity index (χ1) is 15.0. The first-order valence-electron chi connectivity index (χ1n) is 9.35. The number of hydrogen-bond acceptors (Lipinski definition) is 5. The van der Waals surface area contributed by atoms with Crippen molar-refractivity contribution in [1.82, 2.24) is 0 Å². The van der Waals surface area contributed by atoms with Gasteiger partial charge in [0, 0.05) is 12.7 Å². The molecule has 31 heavy (non-hydrogen) atoms. The SMILES string of the molecule is COc1cc(/C=C2\N=C(c3ccc(I)cc3)OC2=O)ccc1OCc1ccc(I)cc1. The van der Waals surface area contributed by atoms with Crippen LogP contribution in [0.3, 0.4) is 0 Å². The van der Waals surface area contributed by atoms with Crippen molar-refractivity contribution in [3.05, 3.63) is 96.3 Å². The fourth-order valence-corrected chi connectivity index (χ4v) is 3.64. The highest BCUT2D eigenvalue weighted by Crippen LogP contribution is 2.30. The van der Waals surface area contributed by atoms with Gasteiger partial charge >= 0.3 is 5.97 Å². The summed E-state index contributed by atoms with van der Waals surface area (Å²) in [5, 5.41) is 0. The number of cyclic esters (lactones) is 1. The van der Waals surface area contributed by atoms with E-state index in [9.17, 15) is 4.79 Å². The highest BCUT2D eigenvalue weighted by Gasteiger charge is 2.24. The molecule has 3 aromatic rings. The maximum absolute atomic E-state index is 12.3. The van der Waals surface area contributed by atoms with Crippen molar-refractivity contribution in [1.29, 1.82) is 0 Å². The van der Waals surface area contributed by atoms with Gasteiger partial charge in [0.2, 0.25) is 5.90 Å². The molecule has 0 N–H and O–H groups in total. The van der Waals surface area contributed by atoms with Crippen molar-refractivity contribution < 1.29 is 19.0 Å². The summed E-state index contributed by atoms with van der Waals surface area (Å²) in [7, 11) is 1.58. The standard InChI is InChI=1S/C24H17I2NO4/c1-29-22-13-16(4-11-21(22)30-14-15-2-7-18(25)8-3-15)12-20-24(28)31-23(27-20)17-5-9-19(26)10-6-17/h2-13H,14H2,1H3/b20-12-.